The molecule has 0 amide bonds. The van der Waals surface area contributed by atoms with Crippen LogP contribution in [0.2, 0.25) is 0 Å². The normalized spacial score (nSPS) is 9.70. The van der Waals surface area contributed by atoms with Gasteiger partial charge in [-0.3, -0.25) is 0 Å². The van der Waals surface area contributed by atoms with Crippen molar-refractivity contribution >= 4 is 10.9 Å². The van der Waals surface area contributed by atoms with Gasteiger partial charge in [0, 0.05) is 10.9 Å². The zero-order chi connectivity index (χ0) is 14.5. The van der Waals surface area contributed by atoms with Crippen molar-refractivity contribution < 1.29 is 0 Å². The molecule has 0 radical (unpaired) electrons. The van der Waals surface area contributed by atoms with E-state index in [1.54, 1.807) is 24.3 Å². The number of rotatable bonds is 2. The SMILES string of the molecule is N#CC(C#N)c1cc2ccccc2nc1C(C#N)C#N. The quantitative estimate of drug-likeness (QED) is 0.821. The fraction of sp³-hybridized carbons (Fsp3) is 0.133. The Bertz CT molecular complexity index is 728. The number of nitriles is 4. The van der Waals surface area contributed by atoms with Crippen LogP contribution < -0.4 is 0 Å². The molecule has 0 saturated carbocycles. The second-order valence-electron chi connectivity index (χ2n) is 4.04. The van der Waals surface area contributed by atoms with E-state index in [1.165, 1.54) is 0 Å². The number of nitrogens with zero attached hydrogens (tertiary/aromatic N) is 5. The molecule has 2 rings (SSSR count). The van der Waals surface area contributed by atoms with Gasteiger partial charge >= 0.3 is 0 Å². The maximum absolute atomic E-state index is 9.04. The van der Waals surface area contributed by atoms with Crippen LogP contribution in [0, 0.1) is 45.3 Å². The third-order valence-corrected chi connectivity index (χ3v) is 2.89. The maximum Gasteiger partial charge on any atom is 0.175 e. The smallest absolute Gasteiger partial charge is 0.175 e. The summed E-state index contributed by atoms with van der Waals surface area (Å²) in [7, 11) is 0. The molecule has 0 N–H and O–H groups in total. The van der Waals surface area contributed by atoms with Crippen molar-refractivity contribution in [1.82, 2.24) is 4.98 Å². The molecular weight excluding hydrogens is 250 g/mol. The van der Waals surface area contributed by atoms with Gasteiger partial charge in [-0.15, -0.1) is 0 Å². The van der Waals surface area contributed by atoms with Crippen LogP contribution in [0.5, 0.6) is 0 Å². The first-order valence-corrected chi connectivity index (χ1v) is 5.73. The molecule has 1 aromatic heterocycles. The van der Waals surface area contributed by atoms with Crippen LogP contribution in [-0.4, -0.2) is 4.98 Å². The summed E-state index contributed by atoms with van der Waals surface area (Å²) in [5.74, 6) is -2.15. The fourth-order valence-corrected chi connectivity index (χ4v) is 1.93. The molecule has 0 aliphatic carbocycles. The summed E-state index contributed by atoms with van der Waals surface area (Å²) in [5, 5.41) is 36.9. The fourth-order valence-electron chi connectivity index (χ4n) is 1.93. The zero-order valence-electron chi connectivity index (χ0n) is 10.3. The van der Waals surface area contributed by atoms with Crippen molar-refractivity contribution in [3.8, 4) is 24.3 Å². The van der Waals surface area contributed by atoms with E-state index in [0.717, 1.165) is 5.39 Å². The summed E-state index contributed by atoms with van der Waals surface area (Å²) in [5.41, 5.74) is 1.12. The molecule has 5 nitrogen and oxygen atoms in total. The molecule has 20 heavy (non-hydrogen) atoms. The molecule has 0 bridgehead atoms. The van der Waals surface area contributed by atoms with Gasteiger partial charge in [-0.1, -0.05) is 18.2 Å². The van der Waals surface area contributed by atoms with Gasteiger partial charge < -0.3 is 0 Å². The van der Waals surface area contributed by atoms with Crippen molar-refractivity contribution in [3.63, 3.8) is 0 Å². The molecule has 0 atom stereocenters. The van der Waals surface area contributed by atoms with Crippen LogP contribution in [-0.2, 0) is 0 Å². The first-order chi connectivity index (χ1) is 9.74. The molecule has 0 fully saturated rings. The van der Waals surface area contributed by atoms with Crippen LogP contribution >= 0.6 is 0 Å². The minimum absolute atomic E-state index is 0.182. The van der Waals surface area contributed by atoms with E-state index in [4.69, 9.17) is 21.0 Å². The Morgan fingerprint density at radius 3 is 2.05 bits per heavy atom. The monoisotopic (exact) mass is 257 g/mol. The minimum Gasteiger partial charge on any atom is -0.250 e. The van der Waals surface area contributed by atoms with Crippen LogP contribution in [0.3, 0.4) is 0 Å². The van der Waals surface area contributed by atoms with Gasteiger partial charge in [0.05, 0.1) is 35.5 Å². The molecule has 1 aromatic carbocycles. The molecule has 0 aliphatic rings. The summed E-state index contributed by atoms with van der Waals surface area (Å²) in [6.07, 6.45) is 0. The standard InChI is InChI=1S/C15H7N5/c16-6-11(7-17)13-5-10-3-1-2-4-14(10)20-15(13)12(8-18)9-19/h1-5,11-12H. The van der Waals surface area contributed by atoms with Gasteiger partial charge in [-0.25, -0.2) is 4.98 Å². The van der Waals surface area contributed by atoms with E-state index >= 15 is 0 Å². The number of fused-ring (bicyclic) bond motifs is 1. The first-order valence-electron chi connectivity index (χ1n) is 5.73. The van der Waals surface area contributed by atoms with E-state index in [-0.39, 0.29) is 5.69 Å². The molecule has 0 spiro atoms. The van der Waals surface area contributed by atoms with Crippen molar-refractivity contribution in [1.29, 1.82) is 21.0 Å². The molecule has 0 unspecified atom stereocenters. The van der Waals surface area contributed by atoms with Crippen LogP contribution in [0.4, 0.5) is 0 Å². The number of para-hydroxylation sites is 1. The third-order valence-electron chi connectivity index (χ3n) is 2.89. The lowest BCUT2D eigenvalue weighted by Gasteiger charge is -2.11. The molecule has 5 heteroatoms. The molecule has 2 aromatic rings. The molecule has 0 saturated heterocycles. The Morgan fingerprint density at radius 2 is 1.45 bits per heavy atom. The number of benzene rings is 1. The largest absolute Gasteiger partial charge is 0.250 e. The first kappa shape index (κ1) is 13.0. The summed E-state index contributed by atoms with van der Waals surface area (Å²) in [4.78, 5) is 4.29. The highest BCUT2D eigenvalue weighted by Crippen LogP contribution is 2.27. The van der Waals surface area contributed by atoms with Gasteiger partial charge in [0.15, 0.2) is 11.8 Å². The van der Waals surface area contributed by atoms with E-state index in [0.29, 0.717) is 11.1 Å². The highest BCUT2D eigenvalue weighted by molar-refractivity contribution is 5.80. The van der Waals surface area contributed by atoms with Gasteiger partial charge in [0.25, 0.3) is 0 Å². The second kappa shape index (κ2) is 5.49. The lowest BCUT2D eigenvalue weighted by atomic mass is 9.93. The van der Waals surface area contributed by atoms with E-state index in [1.807, 2.05) is 30.3 Å². The van der Waals surface area contributed by atoms with Crippen molar-refractivity contribution in [2.75, 3.05) is 0 Å². The van der Waals surface area contributed by atoms with Crippen LogP contribution in [0.25, 0.3) is 10.9 Å². The topological polar surface area (TPSA) is 108 Å². The third kappa shape index (κ3) is 2.13. The van der Waals surface area contributed by atoms with Crippen molar-refractivity contribution in [2.45, 2.75) is 11.8 Å². The van der Waals surface area contributed by atoms with Gasteiger partial charge in [0.2, 0.25) is 0 Å². The second-order valence-corrected chi connectivity index (χ2v) is 4.04. The lowest BCUT2D eigenvalue weighted by Crippen LogP contribution is -2.06. The van der Waals surface area contributed by atoms with E-state index < -0.39 is 11.8 Å². The Balaban J connectivity index is 2.80. The van der Waals surface area contributed by atoms with Crippen molar-refractivity contribution in [2.24, 2.45) is 0 Å². The predicted molar refractivity (Wildman–Crippen MR) is 69.7 cm³/mol. The van der Waals surface area contributed by atoms with Crippen LogP contribution in [0.15, 0.2) is 30.3 Å². The summed E-state index contributed by atoms with van der Waals surface area (Å²) in [6, 6.07) is 16.2. The van der Waals surface area contributed by atoms with Crippen molar-refractivity contribution in [3.05, 3.63) is 41.6 Å². The predicted octanol–water partition coefficient (Wildman–Crippen LogP) is 2.50. The van der Waals surface area contributed by atoms with E-state index in [2.05, 4.69) is 4.98 Å². The molecule has 0 aliphatic heterocycles. The Morgan fingerprint density at radius 1 is 0.850 bits per heavy atom. The number of hydrogen-bond donors (Lipinski definition) is 0. The highest BCUT2D eigenvalue weighted by Gasteiger charge is 2.22. The molecule has 1 heterocycles. The Kier molecular flexibility index (Phi) is 3.58. The minimum atomic E-state index is -1.10. The number of pyridine rings is 1. The molecular formula is C15H7N5. The Labute approximate surface area is 115 Å². The highest BCUT2D eigenvalue weighted by atomic mass is 14.7. The Hall–Kier alpha value is -3.41. The lowest BCUT2D eigenvalue weighted by molar-refractivity contribution is 0.958. The average molecular weight is 257 g/mol. The maximum atomic E-state index is 9.04. The van der Waals surface area contributed by atoms with Gasteiger partial charge in [-0.05, 0) is 12.1 Å². The summed E-state index contributed by atoms with van der Waals surface area (Å²) >= 11 is 0. The number of aromatic nitrogens is 1. The van der Waals surface area contributed by atoms with Gasteiger partial charge in [0.1, 0.15) is 0 Å². The zero-order valence-corrected chi connectivity index (χ0v) is 10.3. The summed E-state index contributed by atoms with van der Waals surface area (Å²) in [6.45, 7) is 0. The average Bonchev–Trinajstić information content (AvgIpc) is 2.50. The van der Waals surface area contributed by atoms with E-state index in [9.17, 15) is 0 Å². The van der Waals surface area contributed by atoms with Crippen LogP contribution in [0.1, 0.15) is 23.1 Å². The number of hydrogen-bond acceptors (Lipinski definition) is 5. The summed E-state index contributed by atoms with van der Waals surface area (Å²) < 4.78 is 0. The van der Waals surface area contributed by atoms with Gasteiger partial charge in [-0.2, -0.15) is 21.0 Å². The molecule has 92 valence electrons.